The molecule has 0 saturated heterocycles. The van der Waals surface area contributed by atoms with Crippen LogP contribution in [-0.4, -0.2) is 55.7 Å². The number of benzene rings is 1. The van der Waals surface area contributed by atoms with Crippen molar-refractivity contribution in [2.75, 3.05) is 24.6 Å². The molecular formula is C34H49ClN2O6S. The van der Waals surface area contributed by atoms with Gasteiger partial charge < -0.3 is 19.8 Å². The predicted molar refractivity (Wildman–Crippen MR) is 179 cm³/mol. The number of hydrogen-bond donors (Lipinski definition) is 3. The summed E-state index contributed by atoms with van der Waals surface area (Å²) in [5, 5.41) is 26.3. The Balaban J connectivity index is 1.77. The number of aliphatic hydroxyl groups is 1. The van der Waals surface area contributed by atoms with E-state index in [-0.39, 0.29) is 29.9 Å². The van der Waals surface area contributed by atoms with E-state index >= 15 is 0 Å². The molecule has 1 aromatic carbocycles. The first-order valence-electron chi connectivity index (χ1n) is 15.7. The number of carboxylic acids is 1. The molecule has 44 heavy (non-hydrogen) atoms. The lowest BCUT2D eigenvalue weighted by Crippen LogP contribution is -2.43. The average Bonchev–Trinajstić information content (AvgIpc) is 2.98. The van der Waals surface area contributed by atoms with Gasteiger partial charge in [0.25, 0.3) is 0 Å². The first kappa shape index (κ1) is 35.9. The van der Waals surface area contributed by atoms with Crippen LogP contribution in [0.1, 0.15) is 82.5 Å². The number of hydrogen-bond acceptors (Lipinski definition) is 6. The molecule has 1 aliphatic carbocycles. The van der Waals surface area contributed by atoms with E-state index in [1.165, 1.54) is 0 Å². The van der Waals surface area contributed by atoms with Crippen molar-refractivity contribution in [2.24, 2.45) is 22.9 Å². The zero-order chi connectivity index (χ0) is 32.4. The van der Waals surface area contributed by atoms with E-state index < -0.39 is 27.3 Å². The molecule has 10 heteroatoms. The summed E-state index contributed by atoms with van der Waals surface area (Å²) in [5.74, 6) is -0.304. The molecule has 1 saturated carbocycles. The molecule has 0 spiro atoms. The number of primary sulfonamides is 1. The third-order valence-corrected chi connectivity index (χ3v) is 10.8. The van der Waals surface area contributed by atoms with Crippen LogP contribution >= 0.6 is 11.6 Å². The van der Waals surface area contributed by atoms with Gasteiger partial charge in [0.2, 0.25) is 10.0 Å². The number of aromatic carboxylic acids is 1. The Morgan fingerprint density at radius 2 is 2.05 bits per heavy atom. The van der Waals surface area contributed by atoms with E-state index in [9.17, 15) is 23.4 Å². The van der Waals surface area contributed by atoms with Gasteiger partial charge in [-0.1, -0.05) is 56.7 Å². The summed E-state index contributed by atoms with van der Waals surface area (Å²) in [7, 11) is -3.64. The van der Waals surface area contributed by atoms with E-state index in [1.807, 2.05) is 39.0 Å². The highest BCUT2D eigenvalue weighted by molar-refractivity contribution is 7.89. The largest absolute Gasteiger partial charge is 0.487 e. The number of rotatable bonds is 12. The van der Waals surface area contributed by atoms with Gasteiger partial charge in [0.1, 0.15) is 12.4 Å². The summed E-state index contributed by atoms with van der Waals surface area (Å²) in [6.45, 7) is 11.6. The smallest absolute Gasteiger partial charge is 0.335 e. The van der Waals surface area contributed by atoms with E-state index in [2.05, 4.69) is 11.5 Å². The van der Waals surface area contributed by atoms with Gasteiger partial charge in [-0.25, -0.2) is 18.4 Å². The number of sulfonamides is 1. The fourth-order valence-electron chi connectivity index (χ4n) is 6.14. The molecule has 1 aromatic rings. The molecular weight excluding hydrogens is 600 g/mol. The van der Waals surface area contributed by atoms with E-state index in [4.69, 9.17) is 21.5 Å². The third kappa shape index (κ3) is 9.96. The first-order chi connectivity index (χ1) is 20.8. The second-order valence-electron chi connectivity index (χ2n) is 12.2. The van der Waals surface area contributed by atoms with Crippen LogP contribution in [-0.2, 0) is 10.0 Å². The molecule has 4 N–H and O–H groups in total. The Bertz CT molecular complexity index is 1360. The standard InChI is InChI=1S/C34H49ClN2O6S/c1-5-10-33(44(36,41)42)23(3)11-9-13-31(38)29-16-14-27(29)21-37-18-8-7-12-25(19-28(35)6-2)24(4)22-43-32-17-15-26(34(39)40)20-30(32)37/h6,9,13,15,17,19-20,23,27,29,31,33,38H,4-5,7-8,10-12,14,16,18,21-22H2,1-3H3,(H,39,40)(H2,36,41,42)/b13-9+,25-19-,28-6+/t23-,27-,29+,31-,33+/m0/s1. The molecule has 1 fully saturated rings. The highest BCUT2D eigenvalue weighted by atomic mass is 35.5. The number of allylic oxidation sites excluding steroid dienone is 4. The van der Waals surface area contributed by atoms with Crippen LogP contribution in [0.4, 0.5) is 5.69 Å². The van der Waals surface area contributed by atoms with Crippen LogP contribution in [0.5, 0.6) is 5.75 Å². The molecule has 3 rings (SSSR count). The molecule has 244 valence electrons. The van der Waals surface area contributed by atoms with Crippen molar-refractivity contribution >= 4 is 33.3 Å². The predicted octanol–water partition coefficient (Wildman–Crippen LogP) is 6.81. The molecule has 0 unspecified atom stereocenters. The molecule has 0 amide bonds. The van der Waals surface area contributed by atoms with Crippen LogP contribution in [0.15, 0.2) is 65.3 Å². The number of halogens is 1. The lowest BCUT2D eigenvalue weighted by atomic mass is 9.70. The average molecular weight is 649 g/mol. The highest BCUT2D eigenvalue weighted by Crippen LogP contribution is 2.41. The number of carbonyl (C=O) groups is 1. The second kappa shape index (κ2) is 16.6. The first-order valence-corrected chi connectivity index (χ1v) is 17.7. The van der Waals surface area contributed by atoms with Gasteiger partial charge in [-0.15, -0.1) is 0 Å². The Morgan fingerprint density at radius 3 is 2.66 bits per heavy atom. The van der Waals surface area contributed by atoms with Crippen molar-refractivity contribution < 1.29 is 28.2 Å². The van der Waals surface area contributed by atoms with Gasteiger partial charge in [0.15, 0.2) is 0 Å². The minimum absolute atomic E-state index is 0.0498. The summed E-state index contributed by atoms with van der Waals surface area (Å²) in [6, 6.07) is 4.94. The summed E-state index contributed by atoms with van der Waals surface area (Å²) in [5.41, 5.74) is 2.79. The number of anilines is 1. The number of aliphatic hydroxyl groups excluding tert-OH is 1. The maximum absolute atomic E-state index is 12.0. The number of nitrogens with zero attached hydrogens (tertiary/aromatic N) is 1. The van der Waals surface area contributed by atoms with Crippen molar-refractivity contribution in [3.05, 3.63) is 70.8 Å². The third-order valence-electron chi connectivity index (χ3n) is 8.96. The summed E-state index contributed by atoms with van der Waals surface area (Å²) < 4.78 is 30.3. The molecule has 1 aliphatic heterocycles. The highest BCUT2D eigenvalue weighted by Gasteiger charge is 2.37. The lowest BCUT2D eigenvalue weighted by molar-refractivity contribution is 0.0461. The Hall–Kier alpha value is -2.59. The van der Waals surface area contributed by atoms with Crippen LogP contribution < -0.4 is 14.8 Å². The maximum Gasteiger partial charge on any atom is 0.335 e. The second-order valence-corrected chi connectivity index (χ2v) is 14.4. The van der Waals surface area contributed by atoms with Crippen LogP contribution in [0, 0.1) is 17.8 Å². The number of ether oxygens (including phenoxy) is 1. The van der Waals surface area contributed by atoms with Gasteiger partial charge in [-0.3, -0.25) is 0 Å². The minimum atomic E-state index is -3.64. The van der Waals surface area contributed by atoms with Gasteiger partial charge in [-0.05, 0) is 105 Å². The van der Waals surface area contributed by atoms with Gasteiger partial charge in [0, 0.05) is 18.1 Å². The molecule has 2 aliphatic rings. The molecule has 0 radical (unpaired) electrons. The quantitative estimate of drug-likeness (QED) is 0.212. The van der Waals surface area contributed by atoms with Gasteiger partial charge in [-0.2, -0.15) is 0 Å². The van der Waals surface area contributed by atoms with Crippen molar-refractivity contribution in [1.29, 1.82) is 0 Å². The van der Waals surface area contributed by atoms with Crippen LogP contribution in [0.3, 0.4) is 0 Å². The zero-order valence-corrected chi connectivity index (χ0v) is 27.8. The van der Waals surface area contributed by atoms with E-state index in [0.717, 1.165) is 55.4 Å². The van der Waals surface area contributed by atoms with E-state index in [1.54, 1.807) is 24.3 Å². The molecule has 5 atom stereocenters. The fraction of sp³-hybridized carbons (Fsp3) is 0.559. The summed E-state index contributed by atoms with van der Waals surface area (Å²) in [4.78, 5) is 14.1. The van der Waals surface area contributed by atoms with Crippen LogP contribution in [0.25, 0.3) is 0 Å². The minimum Gasteiger partial charge on any atom is -0.487 e. The molecule has 0 bridgehead atoms. The number of nitrogens with two attached hydrogens (primary N) is 1. The summed E-state index contributed by atoms with van der Waals surface area (Å²) in [6.07, 6.45) is 13.0. The SMILES string of the molecule is C=C1COc2ccc(C(=O)O)cc2N(C[C@@H]2CC[C@H]2[C@@H](O)/C=C/C[C@H](C)[C@@H](CCC)S(N)(=O)=O)CCCC/C1=C/C(Cl)=C\C. The van der Waals surface area contributed by atoms with Crippen molar-refractivity contribution in [3.63, 3.8) is 0 Å². The molecule has 8 nitrogen and oxygen atoms in total. The monoisotopic (exact) mass is 648 g/mol. The van der Waals surface area contributed by atoms with Gasteiger partial charge >= 0.3 is 5.97 Å². The van der Waals surface area contributed by atoms with Crippen molar-refractivity contribution in [2.45, 2.75) is 83.5 Å². The van der Waals surface area contributed by atoms with Crippen LogP contribution in [0.2, 0.25) is 0 Å². The number of carboxylic acid groups (broad SMARTS) is 1. The normalized spacial score (nSPS) is 23.3. The Kier molecular flexibility index (Phi) is 13.6. The fourth-order valence-corrected chi connectivity index (χ4v) is 7.60. The van der Waals surface area contributed by atoms with E-state index in [0.29, 0.717) is 36.7 Å². The van der Waals surface area contributed by atoms with Gasteiger partial charge in [0.05, 0.1) is 22.6 Å². The molecule has 1 heterocycles. The lowest BCUT2D eigenvalue weighted by Gasteiger charge is -2.42. The van der Waals surface area contributed by atoms with Crippen molar-refractivity contribution in [3.8, 4) is 5.75 Å². The molecule has 0 aromatic heterocycles. The Labute approximate surface area is 268 Å². The Morgan fingerprint density at radius 1 is 1.30 bits per heavy atom. The number of fused-ring (bicyclic) bond motifs is 1. The van der Waals surface area contributed by atoms with Crippen molar-refractivity contribution in [1.82, 2.24) is 0 Å². The summed E-state index contributed by atoms with van der Waals surface area (Å²) >= 11 is 6.31. The topological polar surface area (TPSA) is 130 Å². The zero-order valence-electron chi connectivity index (χ0n) is 26.3. The maximum atomic E-state index is 12.0.